The molecule has 1 atom stereocenters. The lowest BCUT2D eigenvalue weighted by atomic mass is 9.97. The number of nitrogens with two attached hydrogens (primary N) is 1. The first-order valence-electron chi connectivity index (χ1n) is 4.35. The van der Waals surface area contributed by atoms with Crippen LogP contribution in [0.2, 0.25) is 0 Å². The van der Waals surface area contributed by atoms with Crippen LogP contribution >= 0.6 is 0 Å². The molecule has 0 bridgehead atoms. The van der Waals surface area contributed by atoms with Gasteiger partial charge in [0.15, 0.2) is 0 Å². The molecule has 1 rings (SSSR count). The minimum atomic E-state index is -0.501. The highest BCUT2D eigenvalue weighted by molar-refractivity contribution is 5.77. The van der Waals surface area contributed by atoms with Gasteiger partial charge in [-0.25, -0.2) is 9.18 Å². The number of benzene rings is 1. The number of rotatable bonds is 3. The van der Waals surface area contributed by atoms with Gasteiger partial charge in [-0.2, -0.15) is 5.90 Å². The summed E-state index contributed by atoms with van der Waals surface area (Å²) < 4.78 is 12.6. The SMILES string of the molecule is CC[C@H](C(=O)ON)c1ccc(F)cc1. The molecule has 0 saturated heterocycles. The van der Waals surface area contributed by atoms with Crippen LogP contribution in [-0.2, 0) is 9.63 Å². The predicted octanol–water partition coefficient (Wildman–Crippen LogP) is 1.74. The van der Waals surface area contributed by atoms with Crippen molar-refractivity contribution in [3.05, 3.63) is 35.6 Å². The molecule has 0 aliphatic heterocycles. The van der Waals surface area contributed by atoms with E-state index in [2.05, 4.69) is 4.84 Å². The molecule has 0 spiro atoms. The van der Waals surface area contributed by atoms with Crippen molar-refractivity contribution in [1.29, 1.82) is 0 Å². The van der Waals surface area contributed by atoms with Gasteiger partial charge in [0.05, 0.1) is 5.92 Å². The van der Waals surface area contributed by atoms with Gasteiger partial charge in [0.2, 0.25) is 0 Å². The van der Waals surface area contributed by atoms with Crippen LogP contribution in [0.3, 0.4) is 0 Å². The standard InChI is InChI=1S/C10H12FNO2/c1-2-9(10(13)14-12)7-3-5-8(11)6-4-7/h3-6,9H,2,12H2,1H3/t9-/m0/s1. The van der Waals surface area contributed by atoms with Gasteiger partial charge in [-0.15, -0.1) is 0 Å². The Morgan fingerprint density at radius 1 is 1.50 bits per heavy atom. The lowest BCUT2D eigenvalue weighted by Crippen LogP contribution is -2.18. The summed E-state index contributed by atoms with van der Waals surface area (Å²) in [5.74, 6) is 3.55. The van der Waals surface area contributed by atoms with E-state index in [9.17, 15) is 9.18 Å². The summed E-state index contributed by atoms with van der Waals surface area (Å²) in [5, 5.41) is 0. The van der Waals surface area contributed by atoms with Crippen molar-refractivity contribution in [3.8, 4) is 0 Å². The van der Waals surface area contributed by atoms with Crippen LogP contribution in [-0.4, -0.2) is 5.97 Å². The highest BCUT2D eigenvalue weighted by atomic mass is 19.1. The molecule has 0 amide bonds. The van der Waals surface area contributed by atoms with Crippen LogP contribution in [0.5, 0.6) is 0 Å². The third-order valence-electron chi connectivity index (χ3n) is 2.08. The van der Waals surface area contributed by atoms with E-state index in [0.29, 0.717) is 12.0 Å². The molecule has 0 fully saturated rings. The molecular formula is C10H12FNO2. The lowest BCUT2D eigenvalue weighted by molar-refractivity contribution is -0.146. The van der Waals surface area contributed by atoms with Crippen LogP contribution in [0.4, 0.5) is 4.39 Å². The summed E-state index contributed by atoms with van der Waals surface area (Å²) >= 11 is 0. The third-order valence-corrected chi connectivity index (χ3v) is 2.08. The van der Waals surface area contributed by atoms with Crippen molar-refractivity contribution < 1.29 is 14.0 Å². The van der Waals surface area contributed by atoms with Gasteiger partial charge >= 0.3 is 5.97 Å². The Labute approximate surface area is 81.6 Å². The molecular weight excluding hydrogens is 185 g/mol. The molecule has 0 aliphatic carbocycles. The Balaban J connectivity index is 2.89. The second-order valence-corrected chi connectivity index (χ2v) is 2.95. The van der Waals surface area contributed by atoms with Crippen molar-refractivity contribution in [2.45, 2.75) is 19.3 Å². The van der Waals surface area contributed by atoms with Crippen LogP contribution in [0.1, 0.15) is 24.8 Å². The maximum absolute atomic E-state index is 12.6. The van der Waals surface area contributed by atoms with Gasteiger partial charge in [0, 0.05) is 0 Å². The van der Waals surface area contributed by atoms with Crippen molar-refractivity contribution in [3.63, 3.8) is 0 Å². The zero-order valence-corrected chi connectivity index (χ0v) is 7.87. The number of hydrogen-bond acceptors (Lipinski definition) is 3. The second kappa shape index (κ2) is 4.72. The molecule has 0 saturated carbocycles. The first-order chi connectivity index (χ1) is 6.69. The normalized spacial score (nSPS) is 12.2. The van der Waals surface area contributed by atoms with Gasteiger partial charge in [-0.3, -0.25) is 0 Å². The first-order valence-corrected chi connectivity index (χ1v) is 4.35. The highest BCUT2D eigenvalue weighted by Crippen LogP contribution is 2.20. The molecule has 76 valence electrons. The molecule has 1 aromatic carbocycles. The zero-order chi connectivity index (χ0) is 10.6. The molecule has 3 nitrogen and oxygen atoms in total. The molecule has 0 aliphatic rings. The zero-order valence-electron chi connectivity index (χ0n) is 7.87. The summed E-state index contributed by atoms with van der Waals surface area (Å²) in [6, 6.07) is 5.73. The molecule has 14 heavy (non-hydrogen) atoms. The quantitative estimate of drug-likeness (QED) is 0.751. The monoisotopic (exact) mass is 197 g/mol. The van der Waals surface area contributed by atoms with Crippen molar-refractivity contribution >= 4 is 5.97 Å². The summed E-state index contributed by atoms with van der Waals surface area (Å²) in [4.78, 5) is 15.3. The number of halogens is 1. The van der Waals surface area contributed by atoms with E-state index in [1.54, 1.807) is 12.1 Å². The minimum absolute atomic E-state index is 0.329. The lowest BCUT2D eigenvalue weighted by Gasteiger charge is -2.11. The topological polar surface area (TPSA) is 52.3 Å². The molecule has 0 radical (unpaired) electrons. The highest BCUT2D eigenvalue weighted by Gasteiger charge is 2.19. The molecule has 2 N–H and O–H groups in total. The van der Waals surface area contributed by atoms with Crippen LogP contribution in [0, 0.1) is 5.82 Å². The van der Waals surface area contributed by atoms with Crippen LogP contribution < -0.4 is 5.90 Å². The van der Waals surface area contributed by atoms with Crippen molar-refractivity contribution in [1.82, 2.24) is 0 Å². The number of hydrogen-bond donors (Lipinski definition) is 1. The Kier molecular flexibility index (Phi) is 3.59. The molecule has 0 unspecified atom stereocenters. The van der Waals surface area contributed by atoms with Crippen molar-refractivity contribution in [2.24, 2.45) is 5.90 Å². The predicted molar refractivity (Wildman–Crippen MR) is 49.7 cm³/mol. The fourth-order valence-electron chi connectivity index (χ4n) is 1.32. The maximum atomic E-state index is 12.6. The number of carbonyl (C=O) groups excluding carboxylic acids is 1. The van der Waals surface area contributed by atoms with Gasteiger partial charge in [-0.05, 0) is 24.1 Å². The Bertz CT molecular complexity index is 310. The summed E-state index contributed by atoms with van der Waals surface area (Å²) in [7, 11) is 0. The first kappa shape index (κ1) is 10.7. The molecule has 0 heterocycles. The second-order valence-electron chi connectivity index (χ2n) is 2.95. The van der Waals surface area contributed by atoms with Gasteiger partial charge in [0.25, 0.3) is 0 Å². The summed E-state index contributed by atoms with van der Waals surface area (Å²) in [6.45, 7) is 1.84. The van der Waals surface area contributed by atoms with Crippen LogP contribution in [0.15, 0.2) is 24.3 Å². The van der Waals surface area contributed by atoms with E-state index in [-0.39, 0.29) is 5.82 Å². The Morgan fingerprint density at radius 3 is 2.50 bits per heavy atom. The van der Waals surface area contributed by atoms with Gasteiger partial charge in [0.1, 0.15) is 5.82 Å². The van der Waals surface area contributed by atoms with Gasteiger partial charge < -0.3 is 4.84 Å². The summed E-state index contributed by atoms with van der Waals surface area (Å²) in [6.07, 6.45) is 0.571. The fraction of sp³-hybridized carbons (Fsp3) is 0.300. The average molecular weight is 197 g/mol. The Morgan fingerprint density at radius 2 is 2.07 bits per heavy atom. The van der Waals surface area contributed by atoms with Crippen molar-refractivity contribution in [2.75, 3.05) is 0 Å². The maximum Gasteiger partial charge on any atom is 0.331 e. The minimum Gasteiger partial charge on any atom is -0.373 e. The van der Waals surface area contributed by atoms with E-state index < -0.39 is 11.9 Å². The molecule has 0 aromatic heterocycles. The van der Waals surface area contributed by atoms with E-state index in [1.807, 2.05) is 6.92 Å². The van der Waals surface area contributed by atoms with Gasteiger partial charge in [-0.1, -0.05) is 19.1 Å². The average Bonchev–Trinajstić information content (AvgIpc) is 2.21. The Hall–Kier alpha value is -1.42. The molecule has 1 aromatic rings. The number of carbonyl (C=O) groups is 1. The van der Waals surface area contributed by atoms with E-state index >= 15 is 0 Å². The van der Waals surface area contributed by atoms with E-state index in [4.69, 9.17) is 5.90 Å². The van der Waals surface area contributed by atoms with E-state index in [0.717, 1.165) is 0 Å². The van der Waals surface area contributed by atoms with E-state index in [1.165, 1.54) is 12.1 Å². The smallest absolute Gasteiger partial charge is 0.331 e. The summed E-state index contributed by atoms with van der Waals surface area (Å²) in [5.41, 5.74) is 0.712. The third kappa shape index (κ3) is 2.29. The largest absolute Gasteiger partial charge is 0.373 e. The van der Waals surface area contributed by atoms with Crippen LogP contribution in [0.25, 0.3) is 0 Å². The fourth-order valence-corrected chi connectivity index (χ4v) is 1.32. The molecule has 4 heteroatoms.